The molecular formula is C21H42N2O3Sr. The summed E-state index contributed by atoms with van der Waals surface area (Å²) in [5, 5.41) is 23.1. The van der Waals surface area contributed by atoms with Gasteiger partial charge in [-0.1, -0.05) is 61.8 Å². The van der Waals surface area contributed by atoms with Crippen molar-refractivity contribution in [1.29, 1.82) is 0 Å². The van der Waals surface area contributed by atoms with Gasteiger partial charge in [0.1, 0.15) is 0 Å². The van der Waals surface area contributed by atoms with Crippen molar-refractivity contribution in [2.24, 2.45) is 10.8 Å². The zero-order chi connectivity index (χ0) is 21.3. The van der Waals surface area contributed by atoms with Crippen LogP contribution in [-0.4, -0.2) is 107 Å². The number of rotatable bonds is 7. The molecule has 0 aliphatic carbocycles. The number of hydrogen-bond acceptors (Lipinski definition) is 5. The van der Waals surface area contributed by atoms with Crippen LogP contribution in [0, 0.1) is 10.8 Å². The summed E-state index contributed by atoms with van der Waals surface area (Å²) in [6, 6.07) is 0. The number of ketones is 1. The Bertz CT molecular complexity index is 447. The third kappa shape index (κ3) is 18.3. The molecular weight excluding hydrogens is 416 g/mol. The Labute approximate surface area is 205 Å². The summed E-state index contributed by atoms with van der Waals surface area (Å²) in [4.78, 5) is 15.7. The first kappa shape index (κ1) is 32.2. The van der Waals surface area contributed by atoms with Gasteiger partial charge in [-0.2, -0.15) is 0 Å². The van der Waals surface area contributed by atoms with Gasteiger partial charge in [-0.05, 0) is 39.2 Å². The molecule has 0 heterocycles. The smallest absolute Gasteiger partial charge is 0.875 e. The van der Waals surface area contributed by atoms with Crippen molar-refractivity contribution in [3.05, 3.63) is 11.8 Å². The zero-order valence-electron chi connectivity index (χ0n) is 19.7. The van der Waals surface area contributed by atoms with Gasteiger partial charge in [0.2, 0.25) is 0 Å². The van der Waals surface area contributed by atoms with Gasteiger partial charge in [0, 0.05) is 18.5 Å². The fraction of sp³-hybridized carbons (Fsp3) is 0.857. The van der Waals surface area contributed by atoms with Crippen LogP contribution in [-0.2, 0) is 4.79 Å². The van der Waals surface area contributed by atoms with Gasteiger partial charge in [-0.15, -0.1) is 11.4 Å². The molecule has 0 amide bonds. The van der Waals surface area contributed by atoms with Gasteiger partial charge in [-0.3, -0.25) is 4.79 Å². The van der Waals surface area contributed by atoms with Crippen molar-refractivity contribution in [2.75, 3.05) is 40.8 Å². The Morgan fingerprint density at radius 2 is 1.37 bits per heavy atom. The van der Waals surface area contributed by atoms with Crippen molar-refractivity contribution in [1.82, 2.24) is 9.80 Å². The molecule has 1 atom stereocenters. The van der Waals surface area contributed by atoms with Crippen molar-refractivity contribution >= 4 is 51.3 Å². The van der Waals surface area contributed by atoms with Crippen molar-refractivity contribution in [2.45, 2.75) is 67.4 Å². The van der Waals surface area contributed by atoms with Gasteiger partial charge in [0.05, 0.1) is 0 Å². The molecule has 0 saturated carbocycles. The number of likely N-dealkylation sites (N-methyl/N-ethyl adjacent to an activating group) is 2. The van der Waals surface area contributed by atoms with Gasteiger partial charge < -0.3 is 20.0 Å². The molecule has 27 heavy (non-hydrogen) atoms. The first-order chi connectivity index (χ1) is 11.4. The Kier molecular flexibility index (Phi) is 16.4. The molecule has 0 unspecified atom stereocenters. The van der Waals surface area contributed by atoms with Crippen LogP contribution in [0.25, 0.3) is 0 Å². The summed E-state index contributed by atoms with van der Waals surface area (Å²) in [5.41, 5.74) is -1.71. The molecule has 5 nitrogen and oxygen atoms in total. The Morgan fingerprint density at radius 3 is 1.67 bits per heavy atom. The van der Waals surface area contributed by atoms with Crippen LogP contribution in [0.15, 0.2) is 11.8 Å². The van der Waals surface area contributed by atoms with Gasteiger partial charge in [-0.25, -0.2) is 0 Å². The van der Waals surface area contributed by atoms with Crippen LogP contribution in [0.3, 0.4) is 0 Å². The van der Waals surface area contributed by atoms with Gasteiger partial charge >= 0.3 is 45.5 Å². The van der Waals surface area contributed by atoms with Crippen LogP contribution < -0.4 is 10.2 Å². The van der Waals surface area contributed by atoms with E-state index in [1.54, 1.807) is 6.92 Å². The first-order valence-electron chi connectivity index (χ1n) is 9.39. The van der Waals surface area contributed by atoms with Crippen molar-refractivity contribution < 1.29 is 15.0 Å². The van der Waals surface area contributed by atoms with Crippen LogP contribution in [0.4, 0.5) is 0 Å². The standard InChI is InChI=1S/C11H20O2.C10H23N2O.Sr/c1-10(2,3)8(12)7-9(13)11(4,5)6;1-6-10(2,13)9-12(5)8-7-11(3)4;/h7,12H,1-6H3;6-9H2,1-5H3;/q;-1;+2/p-1/b8-7-;;/t;10-;/m.0./s1. The van der Waals surface area contributed by atoms with E-state index >= 15 is 0 Å². The second kappa shape index (κ2) is 13.7. The molecule has 0 rings (SSSR count). The molecule has 0 fully saturated rings. The minimum Gasteiger partial charge on any atom is -0.875 e. The molecule has 0 aliphatic rings. The molecule has 6 heteroatoms. The summed E-state index contributed by atoms with van der Waals surface area (Å²) >= 11 is 0. The molecule has 0 aromatic heterocycles. The number of carbonyl (C=O) groups excluding carboxylic acids is 1. The third-order valence-electron chi connectivity index (χ3n) is 4.02. The molecule has 0 spiro atoms. The van der Waals surface area contributed by atoms with E-state index in [2.05, 4.69) is 9.80 Å². The number of hydrogen-bond donors (Lipinski definition) is 0. The predicted molar refractivity (Wildman–Crippen MR) is 113 cm³/mol. The van der Waals surface area contributed by atoms with Crippen LogP contribution >= 0.6 is 0 Å². The Hall–Kier alpha value is 0.571. The zero-order valence-corrected chi connectivity index (χ0v) is 23.2. The predicted octanol–water partition coefficient (Wildman–Crippen LogP) is 1.52. The summed E-state index contributed by atoms with van der Waals surface area (Å²) in [5.74, 6) is -0.208. The van der Waals surface area contributed by atoms with Crippen LogP contribution in [0.5, 0.6) is 0 Å². The minimum absolute atomic E-state index is 0. The summed E-state index contributed by atoms with van der Waals surface area (Å²) in [6.07, 6.45) is 1.92. The maximum absolute atomic E-state index is 11.7. The van der Waals surface area contributed by atoms with E-state index in [1.807, 2.05) is 69.6 Å². The second-order valence-corrected chi connectivity index (χ2v) is 9.72. The monoisotopic (exact) mass is 458 g/mol. The van der Waals surface area contributed by atoms with E-state index in [0.717, 1.165) is 13.1 Å². The topological polar surface area (TPSA) is 69.7 Å². The normalized spacial score (nSPS) is 15.0. The average molecular weight is 458 g/mol. The maximum atomic E-state index is 11.7. The quantitative estimate of drug-likeness (QED) is 0.329. The first-order valence-corrected chi connectivity index (χ1v) is 9.39. The molecule has 0 aromatic rings. The molecule has 156 valence electrons. The SMILES string of the molecule is CC(C)(C)C(=O)/C=C(\[O-])C(C)(C)C.CC[C@](C)([O-])CN(C)CCN(C)C.[Sr+2]. The number of nitrogens with zero attached hydrogens (tertiary/aromatic N) is 2. The Balaban J connectivity index is -0.000000411. The molecule has 0 aromatic carbocycles. The Morgan fingerprint density at radius 1 is 0.926 bits per heavy atom. The molecule has 0 N–H and O–H groups in total. The molecule has 0 bridgehead atoms. The van der Waals surface area contributed by atoms with Crippen molar-refractivity contribution in [3.8, 4) is 0 Å². The number of allylic oxidation sites excluding steroid dienone is 2. The largest absolute Gasteiger partial charge is 2.00 e. The summed E-state index contributed by atoms with van der Waals surface area (Å²) in [6.45, 7) is 17.2. The van der Waals surface area contributed by atoms with E-state index in [-0.39, 0.29) is 57.0 Å². The second-order valence-electron chi connectivity index (χ2n) is 9.72. The molecule has 0 aliphatic heterocycles. The van der Waals surface area contributed by atoms with Crippen LogP contribution in [0.2, 0.25) is 0 Å². The van der Waals surface area contributed by atoms with E-state index in [0.29, 0.717) is 13.0 Å². The summed E-state index contributed by atoms with van der Waals surface area (Å²) < 4.78 is 0. The van der Waals surface area contributed by atoms with E-state index in [4.69, 9.17) is 0 Å². The van der Waals surface area contributed by atoms with Crippen molar-refractivity contribution in [3.63, 3.8) is 0 Å². The average Bonchev–Trinajstić information content (AvgIpc) is 2.43. The van der Waals surface area contributed by atoms with E-state index in [9.17, 15) is 15.0 Å². The fourth-order valence-electron chi connectivity index (χ4n) is 1.68. The van der Waals surface area contributed by atoms with E-state index < -0.39 is 16.4 Å². The van der Waals surface area contributed by atoms with Gasteiger partial charge in [0.25, 0.3) is 0 Å². The minimum atomic E-state index is -0.791. The van der Waals surface area contributed by atoms with Gasteiger partial charge in [0.15, 0.2) is 5.78 Å². The molecule has 0 radical (unpaired) electrons. The third-order valence-corrected chi connectivity index (χ3v) is 4.02. The fourth-order valence-corrected chi connectivity index (χ4v) is 1.68. The summed E-state index contributed by atoms with van der Waals surface area (Å²) in [7, 11) is 6.10. The van der Waals surface area contributed by atoms with Crippen LogP contribution in [0.1, 0.15) is 61.8 Å². The van der Waals surface area contributed by atoms with E-state index in [1.165, 1.54) is 6.08 Å². The maximum Gasteiger partial charge on any atom is 2.00 e. The number of carbonyl (C=O) groups is 1. The molecule has 0 saturated heterocycles.